The molecule has 0 unspecified atom stereocenters. The lowest BCUT2D eigenvalue weighted by atomic mass is 10.2. The fraction of sp³-hybridized carbons (Fsp3) is 0.111. The van der Waals surface area contributed by atoms with Crippen molar-refractivity contribution >= 4 is 17.5 Å². The van der Waals surface area contributed by atoms with Gasteiger partial charge in [0.15, 0.2) is 11.6 Å². The van der Waals surface area contributed by atoms with E-state index in [-0.39, 0.29) is 18.3 Å². The van der Waals surface area contributed by atoms with Crippen LogP contribution in [0.3, 0.4) is 0 Å². The molecule has 0 atom stereocenters. The van der Waals surface area contributed by atoms with Crippen LogP contribution in [0.25, 0.3) is 0 Å². The summed E-state index contributed by atoms with van der Waals surface area (Å²) >= 11 is 0. The van der Waals surface area contributed by atoms with Crippen molar-refractivity contribution in [3.8, 4) is 0 Å². The molecule has 0 fully saturated rings. The highest BCUT2D eigenvalue weighted by atomic mass is 19.2. The number of halogens is 3. The molecule has 0 amide bonds. The van der Waals surface area contributed by atoms with Crippen LogP contribution in [0.15, 0.2) is 48.5 Å². The summed E-state index contributed by atoms with van der Waals surface area (Å²) in [6.45, 7) is 2.03. The Balaban J connectivity index is 1.76. The molecule has 2 aromatic carbocycles. The number of aromatic nitrogens is 2. The smallest absolute Gasteiger partial charge is 0.229 e. The third-order valence-corrected chi connectivity index (χ3v) is 3.45. The van der Waals surface area contributed by atoms with Crippen LogP contribution in [0, 0.1) is 24.4 Å². The van der Waals surface area contributed by atoms with E-state index >= 15 is 0 Å². The number of nitrogens with one attached hydrogen (secondary N) is 2. The number of hydrogen-bond donors (Lipinski definition) is 2. The average molecular weight is 344 g/mol. The molecule has 2 N–H and O–H groups in total. The second-order valence-corrected chi connectivity index (χ2v) is 5.42. The maximum Gasteiger partial charge on any atom is 0.229 e. The molecule has 0 saturated carbocycles. The van der Waals surface area contributed by atoms with E-state index in [0.717, 1.165) is 12.1 Å². The summed E-state index contributed by atoms with van der Waals surface area (Å²) in [6.07, 6.45) is 0. The number of aryl methyl sites for hydroxylation is 1. The minimum absolute atomic E-state index is 0.224. The molecule has 3 rings (SSSR count). The zero-order valence-electron chi connectivity index (χ0n) is 13.4. The normalized spacial score (nSPS) is 10.6. The summed E-state index contributed by atoms with van der Waals surface area (Å²) < 4.78 is 39.9. The van der Waals surface area contributed by atoms with Gasteiger partial charge < -0.3 is 10.6 Å². The second-order valence-electron chi connectivity index (χ2n) is 5.42. The number of rotatable bonds is 5. The Morgan fingerprint density at radius 3 is 2.44 bits per heavy atom. The molecule has 0 aliphatic rings. The van der Waals surface area contributed by atoms with Crippen LogP contribution in [0.5, 0.6) is 0 Å². The maximum atomic E-state index is 13.7. The molecule has 0 bridgehead atoms. The van der Waals surface area contributed by atoms with E-state index in [9.17, 15) is 13.2 Å². The van der Waals surface area contributed by atoms with E-state index in [2.05, 4.69) is 20.6 Å². The predicted octanol–water partition coefficient (Wildman–Crippen LogP) is 4.56. The van der Waals surface area contributed by atoms with Crippen molar-refractivity contribution in [1.82, 2.24) is 9.97 Å². The molecule has 1 aromatic heterocycles. The molecule has 0 spiro atoms. The van der Waals surface area contributed by atoms with Gasteiger partial charge in [0.25, 0.3) is 0 Å². The lowest BCUT2D eigenvalue weighted by molar-refractivity contribution is 0.509. The van der Waals surface area contributed by atoms with E-state index in [1.807, 2.05) is 0 Å². The van der Waals surface area contributed by atoms with Gasteiger partial charge >= 0.3 is 0 Å². The molecule has 128 valence electrons. The first-order valence-electron chi connectivity index (χ1n) is 7.56. The van der Waals surface area contributed by atoms with Gasteiger partial charge in [0.05, 0.1) is 0 Å². The largest absolute Gasteiger partial charge is 0.366 e. The molecule has 3 aromatic rings. The number of nitrogens with zero attached hydrogens (tertiary/aromatic N) is 2. The number of benzene rings is 2. The van der Waals surface area contributed by atoms with Crippen molar-refractivity contribution in [2.45, 2.75) is 13.5 Å². The maximum absolute atomic E-state index is 13.7. The summed E-state index contributed by atoms with van der Waals surface area (Å²) in [4.78, 5) is 8.45. The van der Waals surface area contributed by atoms with Crippen molar-refractivity contribution in [2.24, 2.45) is 0 Å². The van der Waals surface area contributed by atoms with E-state index in [0.29, 0.717) is 22.8 Å². The molecule has 0 saturated heterocycles. The van der Waals surface area contributed by atoms with Crippen molar-refractivity contribution in [3.05, 3.63) is 77.2 Å². The molecule has 0 aliphatic heterocycles. The Hall–Kier alpha value is -3.09. The minimum Gasteiger partial charge on any atom is -0.366 e. The lowest BCUT2D eigenvalue weighted by Gasteiger charge is -2.10. The van der Waals surface area contributed by atoms with Crippen LogP contribution in [0.1, 0.15) is 11.3 Å². The predicted molar refractivity (Wildman–Crippen MR) is 90.1 cm³/mol. The van der Waals surface area contributed by atoms with E-state index in [1.165, 1.54) is 12.1 Å². The van der Waals surface area contributed by atoms with Gasteiger partial charge in [-0.1, -0.05) is 18.2 Å². The molecule has 0 radical (unpaired) electrons. The van der Waals surface area contributed by atoms with Crippen LogP contribution < -0.4 is 10.6 Å². The van der Waals surface area contributed by atoms with Gasteiger partial charge in [-0.2, -0.15) is 4.98 Å². The van der Waals surface area contributed by atoms with Gasteiger partial charge in [0, 0.05) is 35.6 Å². The average Bonchev–Trinajstić information content (AvgIpc) is 2.57. The van der Waals surface area contributed by atoms with Crippen molar-refractivity contribution in [1.29, 1.82) is 0 Å². The lowest BCUT2D eigenvalue weighted by Crippen LogP contribution is -2.06. The van der Waals surface area contributed by atoms with Gasteiger partial charge in [-0.3, -0.25) is 0 Å². The van der Waals surface area contributed by atoms with Crippen molar-refractivity contribution in [3.63, 3.8) is 0 Å². The highest BCUT2D eigenvalue weighted by Gasteiger charge is 2.07. The first-order valence-corrected chi connectivity index (χ1v) is 7.56. The Kier molecular flexibility index (Phi) is 4.83. The topological polar surface area (TPSA) is 49.8 Å². The SMILES string of the molecule is Cc1cc(NCc2ccccc2F)nc(Nc2ccc(F)c(F)c2)n1. The number of hydrogen-bond acceptors (Lipinski definition) is 4. The quantitative estimate of drug-likeness (QED) is 0.712. The fourth-order valence-electron chi connectivity index (χ4n) is 2.25. The highest BCUT2D eigenvalue weighted by molar-refractivity contribution is 5.55. The molecule has 1 heterocycles. The third kappa shape index (κ3) is 4.26. The summed E-state index contributed by atoms with van der Waals surface area (Å²) in [5, 5.41) is 5.84. The van der Waals surface area contributed by atoms with Crippen LogP contribution in [0.2, 0.25) is 0 Å². The zero-order chi connectivity index (χ0) is 17.8. The van der Waals surface area contributed by atoms with Crippen LogP contribution in [-0.2, 0) is 6.54 Å². The van der Waals surface area contributed by atoms with Crippen LogP contribution in [0.4, 0.5) is 30.6 Å². The van der Waals surface area contributed by atoms with Gasteiger partial charge in [0.2, 0.25) is 5.95 Å². The molecule has 4 nitrogen and oxygen atoms in total. The molecule has 7 heteroatoms. The first kappa shape index (κ1) is 16.8. The Morgan fingerprint density at radius 1 is 0.880 bits per heavy atom. The standard InChI is InChI=1S/C18H15F3N4/c1-11-8-17(22-10-12-4-2-3-5-14(12)19)25-18(23-11)24-13-6-7-15(20)16(21)9-13/h2-9H,10H2,1H3,(H2,22,23,24,25). The van der Waals surface area contributed by atoms with E-state index in [1.54, 1.807) is 31.2 Å². The first-order chi connectivity index (χ1) is 12.0. The van der Waals surface area contributed by atoms with Crippen molar-refractivity contribution in [2.75, 3.05) is 10.6 Å². The molecule has 25 heavy (non-hydrogen) atoms. The Bertz CT molecular complexity index is 899. The van der Waals surface area contributed by atoms with Gasteiger partial charge in [-0.25, -0.2) is 18.2 Å². The van der Waals surface area contributed by atoms with Gasteiger partial charge in [0.1, 0.15) is 11.6 Å². The van der Waals surface area contributed by atoms with E-state index < -0.39 is 11.6 Å². The molecular formula is C18H15F3N4. The van der Waals surface area contributed by atoms with Crippen LogP contribution >= 0.6 is 0 Å². The monoisotopic (exact) mass is 344 g/mol. The third-order valence-electron chi connectivity index (χ3n) is 3.45. The fourth-order valence-corrected chi connectivity index (χ4v) is 2.25. The summed E-state index contributed by atoms with van der Waals surface area (Å²) in [6, 6.07) is 11.6. The highest BCUT2D eigenvalue weighted by Crippen LogP contribution is 2.19. The second kappa shape index (κ2) is 7.21. The van der Waals surface area contributed by atoms with Crippen molar-refractivity contribution < 1.29 is 13.2 Å². The number of anilines is 3. The summed E-state index contributed by atoms with van der Waals surface area (Å²) in [7, 11) is 0. The van der Waals surface area contributed by atoms with E-state index in [4.69, 9.17) is 0 Å². The van der Waals surface area contributed by atoms with Gasteiger partial charge in [-0.15, -0.1) is 0 Å². The minimum atomic E-state index is -0.962. The summed E-state index contributed by atoms with van der Waals surface area (Å²) in [5.41, 5.74) is 1.49. The molecule has 0 aliphatic carbocycles. The summed E-state index contributed by atoms with van der Waals surface area (Å²) in [5.74, 6) is -1.48. The Labute approximate surface area is 142 Å². The zero-order valence-corrected chi connectivity index (χ0v) is 13.4. The van der Waals surface area contributed by atoms with Crippen LogP contribution in [-0.4, -0.2) is 9.97 Å². The molecular weight excluding hydrogens is 329 g/mol. The van der Waals surface area contributed by atoms with Gasteiger partial charge in [-0.05, 0) is 25.1 Å². The Morgan fingerprint density at radius 2 is 1.68 bits per heavy atom.